The van der Waals surface area contributed by atoms with Crippen LogP contribution in [0.3, 0.4) is 0 Å². The molecule has 1 aromatic carbocycles. The number of hydrogen-bond acceptors (Lipinski definition) is 5. The monoisotopic (exact) mass is 425 g/mol. The maximum Gasteiger partial charge on any atom is 0.333 e. The summed E-state index contributed by atoms with van der Waals surface area (Å²) < 4.78 is 15.2. The molecule has 31 heavy (non-hydrogen) atoms. The zero-order chi connectivity index (χ0) is 22.0. The Morgan fingerprint density at radius 3 is 2.65 bits per heavy atom. The standard InChI is InChI=1S/C21H20FN5O4/c22-14-5-7-15(8-6-14)27-20(30)16(12-24-21(27)31)19(29)23-9-10-26-18(28)11-13-3-1-2-4-17(13)25-26/h5-8,11-12H,1-4,9-10H2,(H,23,29)(H,24,31). The van der Waals surface area contributed by atoms with Crippen LogP contribution in [0.4, 0.5) is 4.39 Å². The average Bonchev–Trinajstić information content (AvgIpc) is 2.75. The quantitative estimate of drug-likeness (QED) is 0.618. The summed E-state index contributed by atoms with van der Waals surface area (Å²) in [6.07, 6.45) is 4.78. The Morgan fingerprint density at radius 2 is 1.87 bits per heavy atom. The SMILES string of the molecule is O=C(NCCn1nc2c(cc1=O)CCCC2)c1c[nH]c(=O)n(-c2ccc(F)cc2)c1=O. The fraction of sp³-hybridized carbons (Fsp3) is 0.286. The number of nitrogens with one attached hydrogen (secondary N) is 2. The molecule has 1 aliphatic rings. The van der Waals surface area contributed by atoms with E-state index in [1.165, 1.54) is 16.8 Å². The second-order valence-electron chi connectivity index (χ2n) is 7.27. The lowest BCUT2D eigenvalue weighted by Gasteiger charge is -2.16. The van der Waals surface area contributed by atoms with Crippen LogP contribution in [0.1, 0.15) is 34.5 Å². The first-order chi connectivity index (χ1) is 14.9. The Morgan fingerprint density at radius 1 is 1.13 bits per heavy atom. The molecule has 3 aromatic rings. The zero-order valence-corrected chi connectivity index (χ0v) is 16.6. The smallest absolute Gasteiger partial charge is 0.333 e. The number of carbonyl (C=O) groups excluding carboxylic acids is 1. The molecule has 10 heteroatoms. The molecule has 0 saturated heterocycles. The molecule has 0 saturated carbocycles. The van der Waals surface area contributed by atoms with Crippen LogP contribution in [0.5, 0.6) is 0 Å². The van der Waals surface area contributed by atoms with E-state index in [0.29, 0.717) is 0 Å². The maximum atomic E-state index is 13.1. The van der Waals surface area contributed by atoms with Crippen LogP contribution in [0.2, 0.25) is 0 Å². The number of rotatable bonds is 5. The van der Waals surface area contributed by atoms with Gasteiger partial charge in [0.1, 0.15) is 11.4 Å². The van der Waals surface area contributed by atoms with Crippen molar-refractivity contribution in [2.24, 2.45) is 0 Å². The van der Waals surface area contributed by atoms with Crippen LogP contribution in [0.15, 0.2) is 50.9 Å². The minimum atomic E-state index is -0.836. The Labute approximate surface area is 175 Å². The van der Waals surface area contributed by atoms with Crippen molar-refractivity contribution in [3.63, 3.8) is 0 Å². The zero-order valence-electron chi connectivity index (χ0n) is 16.6. The van der Waals surface area contributed by atoms with Gasteiger partial charge in [0.05, 0.1) is 17.9 Å². The predicted octanol–water partition coefficient (Wildman–Crippen LogP) is 0.530. The van der Waals surface area contributed by atoms with Crippen molar-refractivity contribution >= 4 is 5.91 Å². The summed E-state index contributed by atoms with van der Waals surface area (Å²) in [6.45, 7) is 0.215. The summed E-state index contributed by atoms with van der Waals surface area (Å²) >= 11 is 0. The molecule has 0 radical (unpaired) electrons. The van der Waals surface area contributed by atoms with Gasteiger partial charge in [0.25, 0.3) is 17.0 Å². The number of H-pyrrole nitrogens is 1. The predicted molar refractivity (Wildman–Crippen MR) is 110 cm³/mol. The summed E-state index contributed by atoms with van der Waals surface area (Å²) in [7, 11) is 0. The Bertz CT molecular complexity index is 1310. The van der Waals surface area contributed by atoms with Crippen LogP contribution >= 0.6 is 0 Å². The van der Waals surface area contributed by atoms with E-state index in [0.717, 1.165) is 59.8 Å². The third kappa shape index (κ3) is 4.23. The molecule has 2 N–H and O–H groups in total. The van der Waals surface area contributed by atoms with Gasteiger partial charge in [-0.15, -0.1) is 0 Å². The highest BCUT2D eigenvalue weighted by Crippen LogP contribution is 2.16. The molecule has 4 rings (SSSR count). The summed E-state index contributed by atoms with van der Waals surface area (Å²) in [5.74, 6) is -1.23. The van der Waals surface area contributed by atoms with E-state index in [1.807, 2.05) is 0 Å². The van der Waals surface area contributed by atoms with Crippen molar-refractivity contribution in [2.75, 3.05) is 6.54 Å². The lowest BCUT2D eigenvalue weighted by atomic mass is 9.97. The number of fused-ring (bicyclic) bond motifs is 1. The first-order valence-corrected chi connectivity index (χ1v) is 9.93. The Kier molecular flexibility index (Phi) is 5.61. The third-order valence-corrected chi connectivity index (χ3v) is 5.19. The van der Waals surface area contributed by atoms with E-state index < -0.39 is 23.0 Å². The number of hydrogen-bond donors (Lipinski definition) is 2. The molecule has 0 aliphatic heterocycles. The van der Waals surface area contributed by atoms with Crippen LogP contribution in [0.25, 0.3) is 5.69 Å². The van der Waals surface area contributed by atoms with Gasteiger partial charge in [-0.05, 0) is 55.5 Å². The molecule has 2 aromatic heterocycles. The molecule has 0 unspecified atom stereocenters. The fourth-order valence-electron chi connectivity index (χ4n) is 3.59. The number of halogens is 1. The van der Waals surface area contributed by atoms with Crippen molar-refractivity contribution in [1.29, 1.82) is 0 Å². The van der Waals surface area contributed by atoms with Crippen molar-refractivity contribution in [3.8, 4) is 5.69 Å². The minimum absolute atomic E-state index is 0.0691. The summed E-state index contributed by atoms with van der Waals surface area (Å²) in [6, 6.07) is 6.34. The normalized spacial score (nSPS) is 12.9. The highest BCUT2D eigenvalue weighted by molar-refractivity contribution is 5.93. The summed E-state index contributed by atoms with van der Waals surface area (Å²) in [5, 5.41) is 6.95. The molecule has 0 bridgehead atoms. The molecule has 2 heterocycles. The summed E-state index contributed by atoms with van der Waals surface area (Å²) in [4.78, 5) is 51.8. The largest absolute Gasteiger partial charge is 0.350 e. The third-order valence-electron chi connectivity index (χ3n) is 5.19. The fourth-order valence-corrected chi connectivity index (χ4v) is 3.59. The van der Waals surface area contributed by atoms with E-state index in [1.54, 1.807) is 6.07 Å². The van der Waals surface area contributed by atoms with Crippen LogP contribution in [-0.4, -0.2) is 31.8 Å². The number of benzene rings is 1. The molecule has 0 fully saturated rings. The van der Waals surface area contributed by atoms with Gasteiger partial charge in [0.15, 0.2) is 0 Å². The average molecular weight is 425 g/mol. The molecular formula is C21H20FN5O4. The van der Waals surface area contributed by atoms with Crippen molar-refractivity contribution in [3.05, 3.63) is 90.4 Å². The van der Waals surface area contributed by atoms with Crippen molar-refractivity contribution in [2.45, 2.75) is 32.2 Å². The van der Waals surface area contributed by atoms with Gasteiger partial charge < -0.3 is 10.3 Å². The topological polar surface area (TPSA) is 119 Å². The van der Waals surface area contributed by atoms with Gasteiger partial charge in [-0.2, -0.15) is 5.10 Å². The molecule has 9 nitrogen and oxygen atoms in total. The number of carbonyl (C=O) groups is 1. The van der Waals surface area contributed by atoms with E-state index in [2.05, 4.69) is 15.4 Å². The first-order valence-electron chi connectivity index (χ1n) is 9.93. The highest BCUT2D eigenvalue weighted by atomic mass is 19.1. The number of amides is 1. The van der Waals surface area contributed by atoms with E-state index in [4.69, 9.17) is 0 Å². The van der Waals surface area contributed by atoms with E-state index in [9.17, 15) is 23.6 Å². The van der Waals surface area contributed by atoms with Gasteiger partial charge in [-0.25, -0.2) is 18.4 Å². The highest BCUT2D eigenvalue weighted by Gasteiger charge is 2.17. The first kappa shape index (κ1) is 20.5. The van der Waals surface area contributed by atoms with Crippen molar-refractivity contribution < 1.29 is 9.18 Å². The van der Waals surface area contributed by atoms with Gasteiger partial charge in [-0.1, -0.05) is 0 Å². The van der Waals surface area contributed by atoms with Crippen molar-refractivity contribution in [1.82, 2.24) is 24.6 Å². The lowest BCUT2D eigenvalue weighted by Crippen LogP contribution is -2.40. The van der Waals surface area contributed by atoms with Crippen LogP contribution in [-0.2, 0) is 19.4 Å². The molecule has 0 spiro atoms. The van der Waals surface area contributed by atoms with Gasteiger partial charge in [0.2, 0.25) is 0 Å². The minimum Gasteiger partial charge on any atom is -0.350 e. The van der Waals surface area contributed by atoms with Gasteiger partial charge in [-0.3, -0.25) is 14.4 Å². The molecule has 1 amide bonds. The number of aromatic nitrogens is 4. The number of aryl methyl sites for hydroxylation is 2. The summed E-state index contributed by atoms with van der Waals surface area (Å²) in [5.41, 5.74) is -0.0968. The van der Waals surface area contributed by atoms with Crippen LogP contribution in [0, 0.1) is 5.82 Å². The second kappa shape index (κ2) is 8.50. The van der Waals surface area contributed by atoms with Gasteiger partial charge >= 0.3 is 5.69 Å². The number of nitrogens with zero attached hydrogens (tertiary/aromatic N) is 3. The Balaban J connectivity index is 1.50. The molecule has 0 atom stereocenters. The van der Waals surface area contributed by atoms with Gasteiger partial charge in [0, 0.05) is 18.8 Å². The number of aromatic amines is 1. The second-order valence-corrected chi connectivity index (χ2v) is 7.27. The maximum absolute atomic E-state index is 13.1. The molecular weight excluding hydrogens is 405 g/mol. The Hall–Kier alpha value is -3.82. The van der Waals surface area contributed by atoms with E-state index >= 15 is 0 Å². The molecule has 160 valence electrons. The van der Waals surface area contributed by atoms with E-state index in [-0.39, 0.29) is 29.9 Å². The lowest BCUT2D eigenvalue weighted by molar-refractivity contribution is 0.0949. The van der Waals surface area contributed by atoms with Crippen LogP contribution < -0.4 is 22.1 Å². The molecule has 1 aliphatic carbocycles.